The molecule has 0 radical (unpaired) electrons. The van der Waals surface area contributed by atoms with E-state index >= 15 is 4.39 Å². The maximum Gasteiger partial charge on any atom is 0.410 e. The maximum absolute atomic E-state index is 16.4. The lowest BCUT2D eigenvalue weighted by Crippen LogP contribution is -2.39. The van der Waals surface area contributed by atoms with Crippen LogP contribution in [0.2, 0.25) is 0 Å². The highest BCUT2D eigenvalue weighted by molar-refractivity contribution is 6.06. The number of nitrogens with zero attached hydrogens (tertiary/aromatic N) is 6. The maximum atomic E-state index is 16.4. The van der Waals surface area contributed by atoms with Crippen LogP contribution in [-0.4, -0.2) is 93.6 Å². The number of hydrogen-bond donors (Lipinski definition) is 1. The Morgan fingerprint density at radius 2 is 1.87 bits per heavy atom. The number of ether oxygens (including phenoxy) is 4. The third-order valence-corrected chi connectivity index (χ3v) is 11.5. The van der Waals surface area contributed by atoms with E-state index < -0.39 is 36.9 Å². The largest absolute Gasteiger partial charge is 0.486 e. The SMILES string of the molecule is C#Cc1ccc(COc2c(-c3c(C)c(F)cc4c3cnn4C3CCCCO3)c(C3CC3)cc3c(N(C)[C@H]4CCN(C(=O)OC(C)(C)C)C4)nc(OC[C@@H](O)CF)nc23)cc1. The number of benzene rings is 3. The summed E-state index contributed by atoms with van der Waals surface area (Å²) < 4.78 is 56.4. The van der Waals surface area contributed by atoms with Gasteiger partial charge in [0.25, 0.3) is 0 Å². The normalized spacial score (nSPS) is 18.8. The summed E-state index contributed by atoms with van der Waals surface area (Å²) >= 11 is 0. The number of amides is 1. The second-order valence-electron chi connectivity index (χ2n) is 17.1. The molecule has 1 N–H and O–H groups in total. The average Bonchev–Trinajstić information content (AvgIpc) is 3.81. The van der Waals surface area contributed by atoms with Gasteiger partial charge in [-0.25, -0.2) is 18.3 Å². The molecule has 12 nitrogen and oxygen atoms in total. The number of carbonyl (C=O) groups is 1. The van der Waals surface area contributed by atoms with E-state index in [1.165, 1.54) is 6.07 Å². The van der Waals surface area contributed by atoms with Crippen molar-refractivity contribution >= 4 is 33.7 Å². The van der Waals surface area contributed by atoms with E-state index in [4.69, 9.17) is 40.4 Å². The predicted molar refractivity (Wildman–Crippen MR) is 225 cm³/mol. The van der Waals surface area contributed by atoms with Gasteiger partial charge in [-0.3, -0.25) is 0 Å². The molecule has 316 valence electrons. The number of halogens is 2. The minimum absolute atomic E-state index is 0.101. The summed E-state index contributed by atoms with van der Waals surface area (Å²) in [7, 11) is 1.91. The van der Waals surface area contributed by atoms with Gasteiger partial charge in [0.05, 0.1) is 11.7 Å². The molecule has 8 rings (SSSR count). The number of hydrogen-bond acceptors (Lipinski definition) is 10. The average molecular weight is 823 g/mol. The van der Waals surface area contributed by atoms with E-state index in [1.54, 1.807) is 22.7 Å². The van der Waals surface area contributed by atoms with Crippen LogP contribution in [-0.2, 0) is 16.1 Å². The molecule has 3 aromatic carbocycles. The molecule has 60 heavy (non-hydrogen) atoms. The van der Waals surface area contributed by atoms with E-state index in [0.29, 0.717) is 70.8 Å². The quantitative estimate of drug-likeness (QED) is 0.123. The first-order valence-electron chi connectivity index (χ1n) is 20.8. The molecule has 0 bridgehead atoms. The van der Waals surface area contributed by atoms with Crippen molar-refractivity contribution in [1.82, 2.24) is 24.6 Å². The van der Waals surface area contributed by atoms with Crippen molar-refractivity contribution in [2.45, 2.75) is 103 Å². The van der Waals surface area contributed by atoms with Crippen molar-refractivity contribution in [3.63, 3.8) is 0 Å². The van der Waals surface area contributed by atoms with Gasteiger partial charge >= 0.3 is 12.1 Å². The van der Waals surface area contributed by atoms with E-state index in [2.05, 4.69) is 12.0 Å². The molecular weight excluding hydrogens is 771 g/mol. The van der Waals surface area contributed by atoms with Crippen LogP contribution in [0.3, 0.4) is 0 Å². The third kappa shape index (κ3) is 8.43. The highest BCUT2D eigenvalue weighted by Gasteiger charge is 2.37. The first-order chi connectivity index (χ1) is 28.8. The summed E-state index contributed by atoms with van der Waals surface area (Å²) in [6.45, 7) is 7.46. The van der Waals surface area contributed by atoms with Gasteiger partial charge in [0, 0.05) is 66.3 Å². The molecule has 1 saturated carbocycles. The molecule has 5 aromatic rings. The van der Waals surface area contributed by atoms with Crippen LogP contribution >= 0.6 is 0 Å². The van der Waals surface area contributed by atoms with Crippen LogP contribution < -0.4 is 14.4 Å². The number of aliphatic hydroxyl groups is 1. The summed E-state index contributed by atoms with van der Waals surface area (Å²) in [6, 6.07) is 10.8. The molecule has 2 aromatic heterocycles. The Morgan fingerprint density at radius 3 is 2.55 bits per heavy atom. The number of alkyl halides is 1. The van der Waals surface area contributed by atoms with Gasteiger partial charge in [-0.05, 0) is 107 Å². The molecular formula is C46H52F2N6O6. The number of aromatic nitrogens is 4. The lowest BCUT2D eigenvalue weighted by molar-refractivity contribution is -0.0366. The molecule has 3 atom stereocenters. The fraction of sp³-hybridized carbons (Fsp3) is 0.478. The fourth-order valence-electron chi connectivity index (χ4n) is 8.19. The fourth-order valence-corrected chi connectivity index (χ4v) is 8.19. The van der Waals surface area contributed by atoms with Crippen LogP contribution in [0.4, 0.5) is 19.4 Å². The molecule has 0 spiro atoms. The Morgan fingerprint density at radius 1 is 1.08 bits per heavy atom. The van der Waals surface area contributed by atoms with Crippen LogP contribution in [0.15, 0.2) is 42.6 Å². The molecule has 1 amide bonds. The Labute approximate surface area is 348 Å². The van der Waals surface area contributed by atoms with E-state index in [-0.39, 0.29) is 30.8 Å². The Kier molecular flexibility index (Phi) is 11.6. The van der Waals surface area contributed by atoms with Gasteiger partial charge in [-0.1, -0.05) is 18.1 Å². The Hall–Kier alpha value is -5.52. The topological polar surface area (TPSA) is 124 Å². The summed E-state index contributed by atoms with van der Waals surface area (Å²) in [5, 5.41) is 16.4. The lowest BCUT2D eigenvalue weighted by atomic mass is 9.88. The van der Waals surface area contributed by atoms with Gasteiger partial charge in [-0.2, -0.15) is 15.1 Å². The van der Waals surface area contributed by atoms with Gasteiger partial charge in [0.15, 0.2) is 12.0 Å². The molecule has 2 saturated heterocycles. The number of anilines is 1. The van der Waals surface area contributed by atoms with Gasteiger partial charge in [0.1, 0.15) is 48.7 Å². The zero-order valence-electron chi connectivity index (χ0n) is 34.8. The van der Waals surface area contributed by atoms with Crippen LogP contribution in [0, 0.1) is 25.1 Å². The number of aliphatic hydroxyl groups excluding tert-OH is 1. The van der Waals surface area contributed by atoms with Crippen molar-refractivity contribution in [2.24, 2.45) is 0 Å². The van der Waals surface area contributed by atoms with Crippen molar-refractivity contribution < 1.29 is 37.6 Å². The van der Waals surface area contributed by atoms with Crippen molar-refractivity contribution in [2.75, 3.05) is 44.9 Å². The third-order valence-electron chi connectivity index (χ3n) is 11.5. The zero-order valence-corrected chi connectivity index (χ0v) is 34.8. The van der Waals surface area contributed by atoms with Gasteiger partial charge in [-0.15, -0.1) is 6.42 Å². The molecule has 1 aliphatic carbocycles. The minimum Gasteiger partial charge on any atom is -0.486 e. The van der Waals surface area contributed by atoms with E-state index in [1.807, 2.05) is 57.0 Å². The summed E-state index contributed by atoms with van der Waals surface area (Å²) in [6.07, 6.45) is 10.5. The van der Waals surface area contributed by atoms with E-state index in [0.717, 1.165) is 54.2 Å². The second kappa shape index (κ2) is 16.9. The number of likely N-dealkylation sites (N-methyl/N-ethyl adjacent to an activating group) is 1. The van der Waals surface area contributed by atoms with Crippen molar-refractivity contribution in [1.29, 1.82) is 0 Å². The smallest absolute Gasteiger partial charge is 0.410 e. The van der Waals surface area contributed by atoms with Crippen molar-refractivity contribution in [3.05, 3.63) is 70.7 Å². The van der Waals surface area contributed by atoms with Gasteiger partial charge < -0.3 is 33.9 Å². The van der Waals surface area contributed by atoms with E-state index in [9.17, 15) is 14.3 Å². The molecule has 1 unspecified atom stereocenters. The zero-order chi connectivity index (χ0) is 42.3. The monoisotopic (exact) mass is 822 g/mol. The first kappa shape index (κ1) is 41.2. The molecule has 2 aliphatic heterocycles. The van der Waals surface area contributed by atoms with Gasteiger partial charge in [0.2, 0.25) is 0 Å². The molecule has 4 heterocycles. The number of terminal acetylenes is 1. The number of carbonyl (C=O) groups excluding carboxylic acids is 1. The number of fused-ring (bicyclic) bond motifs is 2. The van der Waals surface area contributed by atoms with Crippen LogP contribution in [0.1, 0.15) is 93.7 Å². The summed E-state index contributed by atoms with van der Waals surface area (Å²) in [5.41, 5.74) is 4.64. The molecule has 14 heteroatoms. The van der Waals surface area contributed by atoms with Crippen LogP contribution in [0.5, 0.6) is 11.8 Å². The summed E-state index contributed by atoms with van der Waals surface area (Å²) in [5.74, 6) is 3.29. The summed E-state index contributed by atoms with van der Waals surface area (Å²) in [4.78, 5) is 26.6. The first-order valence-corrected chi connectivity index (χ1v) is 20.8. The Balaban J connectivity index is 1.34. The highest BCUT2D eigenvalue weighted by Crippen LogP contribution is 2.53. The minimum atomic E-state index is -1.40. The molecule has 3 aliphatic rings. The number of likely N-dealkylation sites (tertiary alicyclic amines) is 1. The highest BCUT2D eigenvalue weighted by atomic mass is 19.1. The Bertz CT molecular complexity index is 2430. The number of rotatable bonds is 12. The predicted octanol–water partition coefficient (Wildman–Crippen LogP) is 8.39. The second-order valence-corrected chi connectivity index (χ2v) is 17.1. The van der Waals surface area contributed by atoms with Crippen LogP contribution in [0.25, 0.3) is 32.9 Å². The molecule has 3 fully saturated rings. The standard InChI is InChI=1S/C46H52F2N6O6/c1-7-28-11-13-29(14-12-28)25-58-42-40(39-27(2)36(48)21-37-35(39)23-49-54(37)38-10-8-9-19-57-38)33(30-15-16-30)20-34-41(42)50-44(59-26-32(55)22-47)51-43(34)52(6)31-17-18-53(24-31)45(56)60-46(3,4)5/h1,11-14,20-21,23,30-32,38,55H,8-10,15-19,22,24-26H2,2-6H3/t31-,32-,38?/m0/s1. The lowest BCUT2D eigenvalue weighted by Gasteiger charge is -2.29. The van der Waals surface area contributed by atoms with Crippen molar-refractivity contribution in [3.8, 4) is 35.2 Å².